The van der Waals surface area contributed by atoms with Gasteiger partial charge in [0.2, 0.25) is 5.91 Å². The number of hydrogen-bond acceptors (Lipinski definition) is 3. The van der Waals surface area contributed by atoms with E-state index in [1.54, 1.807) is 18.0 Å². The number of aromatic nitrogens is 1. The zero-order chi connectivity index (χ0) is 12.8. The summed E-state index contributed by atoms with van der Waals surface area (Å²) in [6.07, 6.45) is 4.64. The molecule has 0 fully saturated rings. The molecule has 0 saturated carbocycles. The molecular formula is C15H12N2OS. The standard InChI is InChI=1S/C15H12N2OS/c18-14-9-19-13-7-12(11-2-1-4-16-8-11)6-10-3-5-17(14)15(10)13/h1-2,4,6-8H,3,5,9H2. The molecular weight excluding hydrogens is 256 g/mol. The summed E-state index contributed by atoms with van der Waals surface area (Å²) < 4.78 is 0. The van der Waals surface area contributed by atoms with Crippen LogP contribution in [0.4, 0.5) is 5.69 Å². The number of nitrogens with zero attached hydrogens (tertiary/aromatic N) is 2. The van der Waals surface area contributed by atoms with Crippen LogP contribution in [0.3, 0.4) is 0 Å². The van der Waals surface area contributed by atoms with E-state index in [-0.39, 0.29) is 5.91 Å². The highest BCUT2D eigenvalue weighted by Gasteiger charge is 2.31. The molecule has 0 radical (unpaired) electrons. The smallest absolute Gasteiger partial charge is 0.237 e. The van der Waals surface area contributed by atoms with Gasteiger partial charge in [0.15, 0.2) is 0 Å². The minimum Gasteiger partial charge on any atom is -0.310 e. The Morgan fingerprint density at radius 1 is 1.26 bits per heavy atom. The lowest BCUT2D eigenvalue weighted by Crippen LogP contribution is -2.33. The van der Waals surface area contributed by atoms with E-state index < -0.39 is 0 Å². The second-order valence-electron chi connectivity index (χ2n) is 4.81. The lowest BCUT2D eigenvalue weighted by molar-refractivity contribution is -0.116. The molecule has 0 bridgehead atoms. The van der Waals surface area contributed by atoms with Gasteiger partial charge >= 0.3 is 0 Å². The van der Waals surface area contributed by atoms with Crippen LogP contribution in [0.25, 0.3) is 11.1 Å². The van der Waals surface area contributed by atoms with Gasteiger partial charge in [0.05, 0.1) is 11.4 Å². The fraction of sp³-hybridized carbons (Fsp3) is 0.200. The second-order valence-corrected chi connectivity index (χ2v) is 5.83. The van der Waals surface area contributed by atoms with Gasteiger partial charge in [-0.2, -0.15) is 0 Å². The summed E-state index contributed by atoms with van der Waals surface area (Å²) in [5.74, 6) is 0.800. The van der Waals surface area contributed by atoms with Crippen LogP contribution in [0.15, 0.2) is 41.6 Å². The maximum atomic E-state index is 11.9. The number of anilines is 1. The monoisotopic (exact) mass is 268 g/mol. The number of thioether (sulfide) groups is 1. The van der Waals surface area contributed by atoms with E-state index in [0.29, 0.717) is 5.75 Å². The molecule has 0 aliphatic carbocycles. The maximum absolute atomic E-state index is 11.9. The Balaban J connectivity index is 1.89. The van der Waals surface area contributed by atoms with E-state index in [9.17, 15) is 4.79 Å². The molecule has 0 unspecified atom stereocenters. The quantitative estimate of drug-likeness (QED) is 0.797. The van der Waals surface area contributed by atoms with Crippen LogP contribution in [0.2, 0.25) is 0 Å². The predicted octanol–water partition coefficient (Wildman–Crippen LogP) is 2.74. The van der Waals surface area contributed by atoms with Crippen molar-refractivity contribution in [1.29, 1.82) is 0 Å². The van der Waals surface area contributed by atoms with Gasteiger partial charge in [0, 0.05) is 29.4 Å². The third kappa shape index (κ3) is 1.67. The fourth-order valence-electron chi connectivity index (χ4n) is 2.78. The van der Waals surface area contributed by atoms with E-state index in [1.807, 2.05) is 17.2 Å². The normalized spacial score (nSPS) is 16.6. The molecule has 3 nitrogen and oxygen atoms in total. The van der Waals surface area contributed by atoms with Gasteiger partial charge in [-0.05, 0) is 35.7 Å². The molecule has 0 atom stereocenters. The minimum absolute atomic E-state index is 0.241. The van der Waals surface area contributed by atoms with Crippen molar-refractivity contribution in [1.82, 2.24) is 4.98 Å². The summed E-state index contributed by atoms with van der Waals surface area (Å²) in [4.78, 5) is 19.2. The Kier molecular flexibility index (Phi) is 2.38. The van der Waals surface area contributed by atoms with Crippen molar-refractivity contribution in [2.75, 3.05) is 17.2 Å². The molecule has 0 N–H and O–H groups in total. The lowest BCUT2D eigenvalue weighted by atomic mass is 10.0. The van der Waals surface area contributed by atoms with Crippen LogP contribution in [0, 0.1) is 0 Å². The minimum atomic E-state index is 0.241. The summed E-state index contributed by atoms with van der Waals surface area (Å²) in [7, 11) is 0. The van der Waals surface area contributed by atoms with Gasteiger partial charge in [0.25, 0.3) is 0 Å². The van der Waals surface area contributed by atoms with Crippen LogP contribution in [0.1, 0.15) is 5.56 Å². The Bertz CT molecular complexity index is 669. The van der Waals surface area contributed by atoms with Crippen molar-refractivity contribution in [2.24, 2.45) is 0 Å². The van der Waals surface area contributed by atoms with Crippen molar-refractivity contribution in [2.45, 2.75) is 11.3 Å². The van der Waals surface area contributed by atoms with Crippen LogP contribution in [0.5, 0.6) is 0 Å². The first kappa shape index (κ1) is 11.1. The van der Waals surface area contributed by atoms with Gasteiger partial charge in [-0.1, -0.05) is 6.07 Å². The molecule has 1 aromatic carbocycles. The third-order valence-corrected chi connectivity index (χ3v) is 4.69. The topological polar surface area (TPSA) is 33.2 Å². The highest BCUT2D eigenvalue weighted by Crippen LogP contribution is 2.44. The molecule has 4 heteroatoms. The molecule has 2 aliphatic heterocycles. The third-order valence-electron chi connectivity index (χ3n) is 3.68. The van der Waals surface area contributed by atoms with E-state index in [4.69, 9.17) is 0 Å². The predicted molar refractivity (Wildman–Crippen MR) is 76.5 cm³/mol. The summed E-state index contributed by atoms with van der Waals surface area (Å²) >= 11 is 1.65. The van der Waals surface area contributed by atoms with Gasteiger partial charge in [-0.15, -0.1) is 11.8 Å². The van der Waals surface area contributed by atoms with Crippen LogP contribution in [-0.4, -0.2) is 23.2 Å². The SMILES string of the molecule is O=C1CSc2cc(-c3cccnc3)cc3c2N1CC3. The first-order chi connectivity index (χ1) is 9.33. The number of rotatable bonds is 1. The average molecular weight is 268 g/mol. The molecule has 4 rings (SSSR count). The molecule has 19 heavy (non-hydrogen) atoms. The molecule has 1 amide bonds. The summed E-state index contributed by atoms with van der Waals surface area (Å²) in [6, 6.07) is 8.42. The Morgan fingerprint density at radius 2 is 2.21 bits per heavy atom. The largest absolute Gasteiger partial charge is 0.310 e. The zero-order valence-corrected chi connectivity index (χ0v) is 11.1. The lowest BCUT2D eigenvalue weighted by Gasteiger charge is -2.25. The van der Waals surface area contributed by atoms with Crippen molar-refractivity contribution in [3.63, 3.8) is 0 Å². The van der Waals surface area contributed by atoms with E-state index in [1.165, 1.54) is 16.0 Å². The molecule has 3 heterocycles. The number of hydrogen-bond donors (Lipinski definition) is 0. The van der Waals surface area contributed by atoms with Crippen molar-refractivity contribution >= 4 is 23.4 Å². The Morgan fingerprint density at radius 3 is 3.05 bits per heavy atom. The molecule has 2 aliphatic rings. The van der Waals surface area contributed by atoms with Gasteiger partial charge in [0.1, 0.15) is 0 Å². The Hall–Kier alpha value is -1.81. The van der Waals surface area contributed by atoms with Crippen molar-refractivity contribution < 1.29 is 4.79 Å². The van der Waals surface area contributed by atoms with Gasteiger partial charge in [-0.3, -0.25) is 9.78 Å². The van der Waals surface area contributed by atoms with Gasteiger partial charge < -0.3 is 4.90 Å². The second kappa shape index (κ2) is 4.10. The number of amides is 1. The van der Waals surface area contributed by atoms with Crippen molar-refractivity contribution in [3.8, 4) is 11.1 Å². The molecule has 0 spiro atoms. The first-order valence-corrected chi connectivity index (χ1v) is 7.32. The first-order valence-electron chi connectivity index (χ1n) is 6.33. The van der Waals surface area contributed by atoms with Crippen LogP contribution in [-0.2, 0) is 11.2 Å². The molecule has 94 valence electrons. The molecule has 2 aromatic rings. The highest BCUT2D eigenvalue weighted by molar-refractivity contribution is 8.00. The molecule has 1 aromatic heterocycles. The van der Waals surface area contributed by atoms with E-state index in [0.717, 1.165) is 24.2 Å². The van der Waals surface area contributed by atoms with Gasteiger partial charge in [-0.25, -0.2) is 0 Å². The van der Waals surface area contributed by atoms with Crippen LogP contribution < -0.4 is 4.90 Å². The highest BCUT2D eigenvalue weighted by atomic mass is 32.2. The summed E-state index contributed by atoms with van der Waals surface area (Å²) in [5.41, 5.74) is 4.77. The zero-order valence-electron chi connectivity index (χ0n) is 10.3. The summed E-state index contributed by atoms with van der Waals surface area (Å²) in [5, 5.41) is 0. The number of pyridine rings is 1. The Labute approximate surface area is 115 Å². The maximum Gasteiger partial charge on any atom is 0.237 e. The van der Waals surface area contributed by atoms with Crippen molar-refractivity contribution in [3.05, 3.63) is 42.2 Å². The van der Waals surface area contributed by atoms with E-state index in [2.05, 4.69) is 23.2 Å². The number of carbonyl (C=O) groups excluding carboxylic acids is 1. The van der Waals surface area contributed by atoms with Crippen LogP contribution >= 0.6 is 11.8 Å². The number of benzene rings is 1. The number of carbonyl (C=O) groups is 1. The van der Waals surface area contributed by atoms with E-state index >= 15 is 0 Å². The average Bonchev–Trinajstić information content (AvgIpc) is 2.89. The molecule has 0 saturated heterocycles. The fourth-order valence-corrected chi connectivity index (χ4v) is 3.81. The summed E-state index contributed by atoms with van der Waals surface area (Å²) in [6.45, 7) is 0.832.